The van der Waals surface area contributed by atoms with Gasteiger partial charge >= 0.3 is 0 Å². The number of nitrogens with one attached hydrogen (secondary N) is 1. The van der Waals surface area contributed by atoms with Crippen molar-refractivity contribution < 1.29 is 9.84 Å². The fourth-order valence-corrected chi connectivity index (χ4v) is 3.80. The minimum absolute atomic E-state index is 0.314. The summed E-state index contributed by atoms with van der Waals surface area (Å²) >= 11 is 0. The number of hydrogen-bond acceptors (Lipinski definition) is 9. The number of aryl methyl sites for hydroxylation is 1. The van der Waals surface area contributed by atoms with Gasteiger partial charge in [0.15, 0.2) is 22.9 Å². The van der Waals surface area contributed by atoms with Crippen LogP contribution in [0.25, 0.3) is 22.6 Å². The molecule has 0 fully saturated rings. The highest BCUT2D eigenvalue weighted by Gasteiger charge is 2.40. The van der Waals surface area contributed by atoms with Gasteiger partial charge in [0.1, 0.15) is 6.33 Å². The third-order valence-electron chi connectivity index (χ3n) is 5.28. The number of aromatic nitrogens is 9. The molecule has 0 saturated heterocycles. The van der Waals surface area contributed by atoms with Crippen LogP contribution in [0.15, 0.2) is 55.0 Å². The van der Waals surface area contributed by atoms with Gasteiger partial charge in [-0.1, -0.05) is 30.3 Å². The van der Waals surface area contributed by atoms with Gasteiger partial charge in [0.25, 0.3) is 0 Å². The summed E-state index contributed by atoms with van der Waals surface area (Å²) in [5.41, 5.74) is 1.07. The van der Waals surface area contributed by atoms with E-state index in [9.17, 15) is 5.11 Å². The molecule has 0 saturated carbocycles. The zero-order chi connectivity index (χ0) is 22.1. The Bertz CT molecular complexity index is 1310. The van der Waals surface area contributed by atoms with Gasteiger partial charge in [-0.05, 0) is 35.0 Å². The summed E-state index contributed by atoms with van der Waals surface area (Å²) in [6.07, 6.45) is 2.99. The zero-order valence-electron chi connectivity index (χ0n) is 17.3. The van der Waals surface area contributed by atoms with Gasteiger partial charge in [-0.2, -0.15) is 4.98 Å². The molecule has 1 atom stereocenters. The summed E-state index contributed by atoms with van der Waals surface area (Å²) in [5.74, 6) is 1.10. The number of imidazole rings is 1. The van der Waals surface area contributed by atoms with Crippen molar-refractivity contribution in [3.05, 3.63) is 72.1 Å². The second kappa shape index (κ2) is 7.78. The van der Waals surface area contributed by atoms with E-state index >= 15 is 0 Å². The summed E-state index contributed by atoms with van der Waals surface area (Å²) in [6, 6.07) is 12.8. The van der Waals surface area contributed by atoms with Crippen molar-refractivity contribution in [1.82, 2.24) is 45.1 Å². The van der Waals surface area contributed by atoms with E-state index in [1.54, 1.807) is 12.3 Å². The summed E-state index contributed by atoms with van der Waals surface area (Å²) in [5, 5.41) is 26.1. The number of nitrogens with zero attached hydrogens (tertiary/aromatic N) is 8. The van der Waals surface area contributed by atoms with Gasteiger partial charge in [0.05, 0.1) is 23.9 Å². The molecule has 1 aromatic carbocycles. The van der Waals surface area contributed by atoms with E-state index in [1.165, 1.54) is 13.4 Å². The second-order valence-electron chi connectivity index (χ2n) is 6.99. The Morgan fingerprint density at radius 2 is 2.00 bits per heavy atom. The minimum atomic E-state index is -1.64. The fourth-order valence-electron chi connectivity index (χ4n) is 3.80. The van der Waals surface area contributed by atoms with Gasteiger partial charge in [0.2, 0.25) is 5.88 Å². The first-order valence-electron chi connectivity index (χ1n) is 9.91. The van der Waals surface area contributed by atoms with E-state index in [-0.39, 0.29) is 0 Å². The van der Waals surface area contributed by atoms with Crippen molar-refractivity contribution in [2.45, 2.75) is 19.1 Å². The highest BCUT2D eigenvalue weighted by Crippen LogP contribution is 2.38. The van der Waals surface area contributed by atoms with Crippen LogP contribution < -0.4 is 4.74 Å². The molecular weight excluding hydrogens is 410 g/mol. The topological polar surface area (TPSA) is 140 Å². The number of tetrazole rings is 1. The Hall–Kier alpha value is -4.25. The predicted molar refractivity (Wildman–Crippen MR) is 114 cm³/mol. The largest absolute Gasteiger partial charge is 0.480 e. The summed E-state index contributed by atoms with van der Waals surface area (Å²) in [6.45, 7) is 2.49. The number of aromatic amines is 1. The van der Waals surface area contributed by atoms with Crippen molar-refractivity contribution >= 4 is 11.2 Å². The van der Waals surface area contributed by atoms with Crippen molar-refractivity contribution in [2.75, 3.05) is 7.11 Å². The van der Waals surface area contributed by atoms with E-state index in [2.05, 4.69) is 35.6 Å². The average molecular weight is 429 g/mol. The molecule has 0 spiro atoms. The van der Waals surface area contributed by atoms with Crippen LogP contribution in [0, 0.1) is 0 Å². The highest BCUT2D eigenvalue weighted by molar-refractivity contribution is 5.80. The van der Waals surface area contributed by atoms with E-state index in [1.807, 2.05) is 47.9 Å². The first kappa shape index (κ1) is 19.7. The van der Waals surface area contributed by atoms with Gasteiger partial charge in [0, 0.05) is 12.7 Å². The lowest BCUT2D eigenvalue weighted by Crippen LogP contribution is -2.33. The molecule has 4 heterocycles. The first-order valence-corrected chi connectivity index (χ1v) is 9.91. The molecule has 32 heavy (non-hydrogen) atoms. The lowest BCUT2D eigenvalue weighted by Gasteiger charge is -2.28. The van der Waals surface area contributed by atoms with Crippen LogP contribution in [-0.2, 0) is 12.1 Å². The van der Waals surface area contributed by atoms with E-state index in [0.717, 1.165) is 0 Å². The summed E-state index contributed by atoms with van der Waals surface area (Å²) in [4.78, 5) is 17.6. The van der Waals surface area contributed by atoms with Crippen LogP contribution in [0.2, 0.25) is 0 Å². The molecule has 11 nitrogen and oxygen atoms in total. The maximum absolute atomic E-state index is 12.1. The van der Waals surface area contributed by atoms with Gasteiger partial charge in [-0.25, -0.2) is 20.1 Å². The van der Waals surface area contributed by atoms with E-state index in [0.29, 0.717) is 52.1 Å². The Morgan fingerprint density at radius 3 is 2.66 bits per heavy atom. The molecule has 0 radical (unpaired) electrons. The molecule has 0 aliphatic heterocycles. The third-order valence-corrected chi connectivity index (χ3v) is 5.28. The molecular formula is C21H19N9O2. The molecule has 2 N–H and O–H groups in total. The number of H-pyrrole nitrogens is 1. The number of hydrogen-bond donors (Lipinski definition) is 2. The number of aliphatic hydroxyl groups is 1. The van der Waals surface area contributed by atoms with Gasteiger partial charge < -0.3 is 14.4 Å². The Morgan fingerprint density at radius 1 is 1.16 bits per heavy atom. The Kier molecular flexibility index (Phi) is 4.79. The van der Waals surface area contributed by atoms with Gasteiger partial charge in [-0.15, -0.1) is 5.10 Å². The fraction of sp³-hybridized carbons (Fsp3) is 0.190. The lowest BCUT2D eigenvalue weighted by molar-refractivity contribution is 0.107. The number of pyridine rings is 1. The van der Waals surface area contributed by atoms with Crippen LogP contribution in [0.1, 0.15) is 24.0 Å². The Labute approximate surface area is 182 Å². The lowest BCUT2D eigenvalue weighted by atomic mass is 9.89. The normalized spacial score (nSPS) is 13.2. The molecule has 5 aromatic rings. The minimum Gasteiger partial charge on any atom is -0.480 e. The van der Waals surface area contributed by atoms with Crippen molar-refractivity contribution in [3.8, 4) is 17.3 Å². The molecule has 160 valence electrons. The molecule has 0 amide bonds. The predicted octanol–water partition coefficient (Wildman–Crippen LogP) is 1.71. The molecule has 11 heteroatoms. The van der Waals surface area contributed by atoms with Crippen molar-refractivity contribution in [2.24, 2.45) is 0 Å². The molecule has 4 aromatic heterocycles. The standard InChI is InChI=1S/C21H19N9O2/c1-3-30-15-11-14(17-26-28-29-27-17)19(32-2)24-18(15)25-20(30)21(31,13-7-5-4-6-8-13)16-9-10-22-12-23-16/h4-12,31H,3H2,1-2H3,(H,26,27,28,29). The number of rotatable bonds is 6. The maximum atomic E-state index is 12.1. The second-order valence-corrected chi connectivity index (χ2v) is 6.99. The summed E-state index contributed by atoms with van der Waals surface area (Å²) in [7, 11) is 1.51. The van der Waals surface area contributed by atoms with Crippen LogP contribution in [0.3, 0.4) is 0 Å². The van der Waals surface area contributed by atoms with E-state index < -0.39 is 5.60 Å². The van der Waals surface area contributed by atoms with Crippen LogP contribution in [-0.4, -0.2) is 57.3 Å². The van der Waals surface area contributed by atoms with Crippen molar-refractivity contribution in [3.63, 3.8) is 0 Å². The number of ether oxygens (including phenoxy) is 1. The van der Waals surface area contributed by atoms with E-state index in [4.69, 9.17) is 9.72 Å². The third kappa shape index (κ3) is 2.98. The quantitative estimate of drug-likeness (QED) is 0.413. The molecule has 0 aliphatic carbocycles. The summed E-state index contributed by atoms with van der Waals surface area (Å²) < 4.78 is 7.35. The average Bonchev–Trinajstić information content (AvgIpc) is 3.51. The number of benzene rings is 1. The molecule has 5 rings (SSSR count). The molecule has 0 aliphatic rings. The highest BCUT2D eigenvalue weighted by atomic mass is 16.5. The maximum Gasteiger partial charge on any atom is 0.226 e. The first-order chi connectivity index (χ1) is 15.7. The Balaban J connectivity index is 1.82. The smallest absolute Gasteiger partial charge is 0.226 e. The van der Waals surface area contributed by atoms with Crippen LogP contribution in [0.5, 0.6) is 5.88 Å². The van der Waals surface area contributed by atoms with Crippen LogP contribution >= 0.6 is 0 Å². The molecule has 1 unspecified atom stereocenters. The SMILES string of the molecule is CCn1c(C(O)(c2ccccc2)c2ccncn2)nc2nc(OC)c(-c3nnn[nH]3)cc21. The zero-order valence-corrected chi connectivity index (χ0v) is 17.3. The van der Waals surface area contributed by atoms with Crippen molar-refractivity contribution in [1.29, 1.82) is 0 Å². The molecule has 0 bridgehead atoms. The number of fused-ring (bicyclic) bond motifs is 1. The van der Waals surface area contributed by atoms with Crippen LogP contribution in [0.4, 0.5) is 0 Å². The number of methoxy groups -OCH3 is 1. The van der Waals surface area contributed by atoms with Gasteiger partial charge in [-0.3, -0.25) is 0 Å². The monoisotopic (exact) mass is 429 g/mol.